The lowest BCUT2D eigenvalue weighted by molar-refractivity contribution is 0.198. The lowest BCUT2D eigenvalue weighted by Gasteiger charge is -2.39. The summed E-state index contributed by atoms with van der Waals surface area (Å²) in [6.45, 7) is 12.4. The third kappa shape index (κ3) is 3.84. The van der Waals surface area contributed by atoms with Gasteiger partial charge in [-0.2, -0.15) is 0 Å². The Balaban J connectivity index is 1.96. The highest BCUT2D eigenvalue weighted by molar-refractivity contribution is 5.48. The molecule has 0 aromatic carbocycles. The van der Waals surface area contributed by atoms with E-state index in [9.17, 15) is 0 Å². The van der Waals surface area contributed by atoms with Crippen LogP contribution in [-0.4, -0.2) is 29.6 Å². The van der Waals surface area contributed by atoms with Crippen molar-refractivity contribution in [1.82, 2.24) is 9.97 Å². The summed E-state index contributed by atoms with van der Waals surface area (Å²) in [4.78, 5) is 11.1. The van der Waals surface area contributed by atoms with E-state index in [-0.39, 0.29) is 0 Å². The van der Waals surface area contributed by atoms with Gasteiger partial charge < -0.3 is 10.2 Å². The Morgan fingerprint density at radius 1 is 1.25 bits per heavy atom. The number of hydrogen-bond donors (Lipinski definition) is 1. The van der Waals surface area contributed by atoms with Gasteiger partial charge in [-0.25, -0.2) is 9.97 Å². The molecule has 4 nitrogen and oxygen atoms in total. The van der Waals surface area contributed by atoms with Gasteiger partial charge in [0.15, 0.2) is 0 Å². The number of hydrogen-bond acceptors (Lipinski definition) is 4. The van der Waals surface area contributed by atoms with Crippen LogP contribution in [0.15, 0.2) is 12.4 Å². The van der Waals surface area contributed by atoms with Crippen molar-refractivity contribution in [3.63, 3.8) is 0 Å². The molecule has 1 saturated heterocycles. The Morgan fingerprint density at radius 2 is 1.95 bits per heavy atom. The fourth-order valence-corrected chi connectivity index (χ4v) is 2.84. The van der Waals surface area contributed by atoms with E-state index in [0.29, 0.717) is 5.41 Å². The van der Waals surface area contributed by atoms with E-state index in [1.807, 2.05) is 0 Å². The smallest absolute Gasteiger partial charge is 0.134 e. The molecule has 1 aromatic heterocycles. The van der Waals surface area contributed by atoms with Gasteiger partial charge in [-0.1, -0.05) is 27.7 Å². The fourth-order valence-electron chi connectivity index (χ4n) is 2.84. The first kappa shape index (κ1) is 15.1. The summed E-state index contributed by atoms with van der Waals surface area (Å²) in [6, 6.07) is 2.08. The van der Waals surface area contributed by atoms with Crippen LogP contribution in [0.25, 0.3) is 0 Å². The Bertz CT molecular complexity index is 417. The van der Waals surface area contributed by atoms with Gasteiger partial charge in [-0.05, 0) is 30.6 Å². The van der Waals surface area contributed by atoms with Crippen molar-refractivity contribution in [3.8, 4) is 0 Å². The third-order valence-electron chi connectivity index (χ3n) is 4.25. The molecule has 112 valence electrons. The Labute approximate surface area is 123 Å². The summed E-state index contributed by atoms with van der Waals surface area (Å²) in [7, 11) is 0. The van der Waals surface area contributed by atoms with Crippen LogP contribution in [-0.2, 0) is 0 Å². The van der Waals surface area contributed by atoms with Crippen molar-refractivity contribution in [2.75, 3.05) is 29.9 Å². The minimum atomic E-state index is 0.422. The van der Waals surface area contributed by atoms with Crippen molar-refractivity contribution >= 4 is 11.6 Å². The molecule has 1 N–H and O–H groups in total. The van der Waals surface area contributed by atoms with E-state index in [1.165, 1.54) is 12.8 Å². The molecule has 0 aliphatic carbocycles. The van der Waals surface area contributed by atoms with Crippen LogP contribution < -0.4 is 10.2 Å². The first-order valence-electron chi connectivity index (χ1n) is 7.81. The van der Waals surface area contributed by atoms with Crippen LogP contribution in [0.3, 0.4) is 0 Å². The number of nitrogens with one attached hydrogen (secondary N) is 1. The lowest BCUT2D eigenvalue weighted by atomic mass is 9.75. The standard InChI is InChI=1S/C16H28N4/c1-5-8-17-14-11-15(19-12-18-14)20-9-6-13(7-10-20)16(2,3)4/h11-13H,5-10H2,1-4H3,(H,17,18,19). The molecule has 0 atom stereocenters. The van der Waals surface area contributed by atoms with Crippen molar-refractivity contribution in [1.29, 1.82) is 0 Å². The maximum absolute atomic E-state index is 4.43. The summed E-state index contributed by atoms with van der Waals surface area (Å²) in [5, 5.41) is 3.33. The van der Waals surface area contributed by atoms with Crippen molar-refractivity contribution in [2.24, 2.45) is 11.3 Å². The highest BCUT2D eigenvalue weighted by Gasteiger charge is 2.29. The molecule has 1 fully saturated rings. The maximum atomic E-state index is 4.43. The molecule has 4 heteroatoms. The van der Waals surface area contributed by atoms with E-state index in [0.717, 1.165) is 43.6 Å². The minimum Gasteiger partial charge on any atom is -0.370 e. The molecule has 1 aliphatic heterocycles. The molecule has 1 aromatic rings. The van der Waals surface area contributed by atoms with Crippen LogP contribution >= 0.6 is 0 Å². The van der Waals surface area contributed by atoms with Gasteiger partial charge >= 0.3 is 0 Å². The monoisotopic (exact) mass is 276 g/mol. The topological polar surface area (TPSA) is 41.0 Å². The van der Waals surface area contributed by atoms with E-state index < -0.39 is 0 Å². The second kappa shape index (κ2) is 6.42. The van der Waals surface area contributed by atoms with Gasteiger partial charge in [0.05, 0.1) is 0 Å². The summed E-state index contributed by atoms with van der Waals surface area (Å²) in [5.74, 6) is 2.82. The average molecular weight is 276 g/mol. The van der Waals surface area contributed by atoms with E-state index >= 15 is 0 Å². The van der Waals surface area contributed by atoms with E-state index in [4.69, 9.17) is 0 Å². The number of anilines is 2. The first-order chi connectivity index (χ1) is 9.50. The summed E-state index contributed by atoms with van der Waals surface area (Å²) >= 11 is 0. The zero-order chi connectivity index (χ0) is 14.6. The van der Waals surface area contributed by atoms with Crippen LogP contribution in [0.5, 0.6) is 0 Å². The molecule has 2 heterocycles. The molecule has 0 bridgehead atoms. The van der Waals surface area contributed by atoms with Gasteiger partial charge in [0, 0.05) is 25.7 Å². The molecule has 20 heavy (non-hydrogen) atoms. The number of aromatic nitrogens is 2. The lowest BCUT2D eigenvalue weighted by Crippen LogP contribution is -2.38. The SMILES string of the molecule is CCCNc1cc(N2CCC(C(C)(C)C)CC2)ncn1. The normalized spacial score (nSPS) is 17.3. The van der Waals surface area contributed by atoms with Crippen molar-refractivity contribution in [2.45, 2.75) is 47.0 Å². The van der Waals surface area contributed by atoms with Crippen molar-refractivity contribution in [3.05, 3.63) is 12.4 Å². The van der Waals surface area contributed by atoms with Gasteiger partial charge in [0.1, 0.15) is 18.0 Å². The first-order valence-corrected chi connectivity index (χ1v) is 7.81. The highest BCUT2D eigenvalue weighted by atomic mass is 15.2. The average Bonchev–Trinajstić information content (AvgIpc) is 2.45. The Kier molecular flexibility index (Phi) is 4.84. The predicted octanol–water partition coefficient (Wildman–Crippen LogP) is 3.56. The molecule has 0 spiro atoms. The number of piperidine rings is 1. The van der Waals surface area contributed by atoms with E-state index in [2.05, 4.69) is 53.9 Å². The van der Waals surface area contributed by atoms with Gasteiger partial charge in [-0.15, -0.1) is 0 Å². The van der Waals surface area contributed by atoms with E-state index in [1.54, 1.807) is 6.33 Å². The molecule has 0 radical (unpaired) electrons. The zero-order valence-corrected chi connectivity index (χ0v) is 13.3. The second-order valence-corrected chi connectivity index (χ2v) is 6.82. The van der Waals surface area contributed by atoms with Gasteiger partial charge in [0.25, 0.3) is 0 Å². The predicted molar refractivity (Wildman–Crippen MR) is 85.2 cm³/mol. The second-order valence-electron chi connectivity index (χ2n) is 6.82. The molecule has 2 rings (SSSR count). The molecule has 1 aliphatic rings. The summed E-state index contributed by atoms with van der Waals surface area (Å²) < 4.78 is 0. The Morgan fingerprint density at radius 3 is 2.55 bits per heavy atom. The maximum Gasteiger partial charge on any atom is 0.134 e. The molecule has 0 amide bonds. The largest absolute Gasteiger partial charge is 0.370 e. The third-order valence-corrected chi connectivity index (χ3v) is 4.25. The van der Waals surface area contributed by atoms with Crippen LogP contribution in [0.4, 0.5) is 11.6 Å². The highest BCUT2D eigenvalue weighted by Crippen LogP contribution is 2.35. The quantitative estimate of drug-likeness (QED) is 0.913. The minimum absolute atomic E-state index is 0.422. The summed E-state index contributed by atoms with van der Waals surface area (Å²) in [5.41, 5.74) is 0.422. The van der Waals surface area contributed by atoms with Crippen LogP contribution in [0.2, 0.25) is 0 Å². The fraction of sp³-hybridized carbons (Fsp3) is 0.750. The van der Waals surface area contributed by atoms with Crippen molar-refractivity contribution < 1.29 is 0 Å². The molecular formula is C16H28N4. The van der Waals surface area contributed by atoms with Gasteiger partial charge in [0.2, 0.25) is 0 Å². The molecule has 0 saturated carbocycles. The molecular weight excluding hydrogens is 248 g/mol. The van der Waals surface area contributed by atoms with Gasteiger partial charge in [-0.3, -0.25) is 0 Å². The zero-order valence-electron chi connectivity index (χ0n) is 13.3. The Hall–Kier alpha value is -1.32. The summed E-state index contributed by atoms with van der Waals surface area (Å²) in [6.07, 6.45) is 5.29. The number of nitrogens with zero attached hydrogens (tertiary/aromatic N) is 3. The number of rotatable bonds is 4. The molecule has 0 unspecified atom stereocenters. The van der Waals surface area contributed by atoms with Crippen LogP contribution in [0.1, 0.15) is 47.0 Å². The van der Waals surface area contributed by atoms with Crippen LogP contribution in [0, 0.1) is 11.3 Å².